The normalized spacial score (nSPS) is 20.5. The van der Waals surface area contributed by atoms with Gasteiger partial charge in [0.1, 0.15) is 17.8 Å². The second-order valence-corrected chi connectivity index (χ2v) is 6.44. The quantitative estimate of drug-likeness (QED) is 0.537. The molecule has 0 aromatic heterocycles. The molecule has 3 rings (SSSR count). The number of carbonyl (C=O) groups excluding carboxylic acids is 1. The zero-order valence-electron chi connectivity index (χ0n) is 13.9. The summed E-state index contributed by atoms with van der Waals surface area (Å²) in [7, 11) is 0. The Kier molecular flexibility index (Phi) is 5.65. The van der Waals surface area contributed by atoms with Crippen LogP contribution in [0.4, 0.5) is 0 Å². The maximum Gasteiger partial charge on any atom is 0.127 e. The number of rotatable bonds is 7. The molecular weight excluding hydrogens is 300 g/mol. The monoisotopic (exact) mass is 324 g/mol. The third-order valence-corrected chi connectivity index (χ3v) is 4.72. The summed E-state index contributed by atoms with van der Waals surface area (Å²) in [6.45, 7) is 1.55. The first kappa shape index (κ1) is 16.7. The number of aldehydes is 1. The maximum absolute atomic E-state index is 10.7. The molecule has 2 aromatic carbocycles. The van der Waals surface area contributed by atoms with Gasteiger partial charge in [-0.3, -0.25) is 0 Å². The topological polar surface area (TPSA) is 35.5 Å². The van der Waals surface area contributed by atoms with E-state index in [2.05, 4.69) is 12.1 Å². The Morgan fingerprint density at radius 2 is 1.92 bits per heavy atom. The molecule has 0 N–H and O–H groups in total. The molecule has 1 fully saturated rings. The minimum Gasteiger partial charge on any atom is -0.457 e. The highest BCUT2D eigenvalue weighted by molar-refractivity contribution is 5.49. The molecule has 2 aromatic rings. The molecule has 1 atom stereocenters. The summed E-state index contributed by atoms with van der Waals surface area (Å²) >= 11 is 0. The lowest BCUT2D eigenvalue weighted by atomic mass is 9.72. The molecule has 0 aliphatic carbocycles. The second kappa shape index (κ2) is 8.11. The summed E-state index contributed by atoms with van der Waals surface area (Å²) in [5.41, 5.74) is 1.25. The summed E-state index contributed by atoms with van der Waals surface area (Å²) < 4.78 is 11.8. The molecular formula is C21H24O3. The molecule has 0 amide bonds. The minimum absolute atomic E-state index is 0.00266. The highest BCUT2D eigenvalue weighted by Gasteiger charge is 2.34. The zero-order valence-corrected chi connectivity index (χ0v) is 13.9. The first-order valence-electron chi connectivity index (χ1n) is 8.67. The van der Waals surface area contributed by atoms with Crippen molar-refractivity contribution in [1.82, 2.24) is 0 Å². The van der Waals surface area contributed by atoms with Gasteiger partial charge in [0.15, 0.2) is 0 Å². The molecule has 3 nitrogen and oxygen atoms in total. The van der Waals surface area contributed by atoms with Crippen LogP contribution in [-0.2, 0) is 14.9 Å². The fraction of sp³-hybridized carbons (Fsp3) is 0.381. The Hall–Kier alpha value is -2.13. The molecule has 0 bridgehead atoms. The summed E-state index contributed by atoms with van der Waals surface area (Å²) in [6.07, 6.45) is 5.65. The molecule has 24 heavy (non-hydrogen) atoms. The lowest BCUT2D eigenvalue weighted by Crippen LogP contribution is -2.36. The van der Waals surface area contributed by atoms with Crippen LogP contribution < -0.4 is 4.74 Å². The van der Waals surface area contributed by atoms with Gasteiger partial charge in [-0.15, -0.1) is 0 Å². The molecule has 1 saturated heterocycles. The van der Waals surface area contributed by atoms with E-state index in [9.17, 15) is 4.79 Å². The third-order valence-electron chi connectivity index (χ3n) is 4.72. The van der Waals surface area contributed by atoms with Crippen LogP contribution in [-0.4, -0.2) is 19.5 Å². The van der Waals surface area contributed by atoms with Gasteiger partial charge in [0.25, 0.3) is 0 Å². The fourth-order valence-electron chi connectivity index (χ4n) is 3.46. The van der Waals surface area contributed by atoms with E-state index in [1.807, 2.05) is 42.5 Å². The molecule has 1 aliphatic heterocycles. The van der Waals surface area contributed by atoms with Gasteiger partial charge >= 0.3 is 0 Å². The number of hydrogen-bond donors (Lipinski definition) is 0. The SMILES string of the molecule is O=CCCCC1(c2cccc(Oc3ccccc3)c2)CCCOC1. The number of hydrogen-bond acceptors (Lipinski definition) is 3. The van der Waals surface area contributed by atoms with E-state index in [0.29, 0.717) is 6.42 Å². The Balaban J connectivity index is 1.82. The average molecular weight is 324 g/mol. The van der Waals surface area contributed by atoms with Gasteiger partial charge < -0.3 is 14.3 Å². The predicted molar refractivity (Wildman–Crippen MR) is 94.6 cm³/mol. The van der Waals surface area contributed by atoms with Crippen molar-refractivity contribution in [2.24, 2.45) is 0 Å². The third kappa shape index (κ3) is 4.04. The molecule has 126 valence electrons. The Morgan fingerprint density at radius 1 is 1.08 bits per heavy atom. The van der Waals surface area contributed by atoms with Crippen LogP contribution in [0.25, 0.3) is 0 Å². The van der Waals surface area contributed by atoms with Crippen LogP contribution in [0.3, 0.4) is 0 Å². The van der Waals surface area contributed by atoms with E-state index in [-0.39, 0.29) is 5.41 Å². The zero-order chi connectivity index (χ0) is 16.7. The Labute approximate surface area is 143 Å². The number of unbranched alkanes of at least 4 members (excludes halogenated alkanes) is 1. The standard InChI is InChI=1S/C21H24O3/c22-14-5-4-12-21(13-7-15-23-17-21)18-8-6-11-20(16-18)24-19-9-2-1-3-10-19/h1-3,6,8-11,14,16H,4-5,7,12-13,15,17H2. The molecule has 0 radical (unpaired) electrons. The van der Waals surface area contributed by atoms with Gasteiger partial charge in [-0.05, 0) is 55.5 Å². The van der Waals surface area contributed by atoms with Crippen LogP contribution >= 0.6 is 0 Å². The van der Waals surface area contributed by atoms with Gasteiger partial charge in [-0.25, -0.2) is 0 Å². The van der Waals surface area contributed by atoms with Gasteiger partial charge in [0.2, 0.25) is 0 Å². The molecule has 1 heterocycles. The first-order valence-corrected chi connectivity index (χ1v) is 8.67. The van der Waals surface area contributed by atoms with Gasteiger partial charge in [-0.1, -0.05) is 30.3 Å². The minimum atomic E-state index is -0.00266. The highest BCUT2D eigenvalue weighted by atomic mass is 16.5. The van der Waals surface area contributed by atoms with Crippen molar-refractivity contribution >= 4 is 6.29 Å². The number of benzene rings is 2. The average Bonchev–Trinajstić information content (AvgIpc) is 2.64. The van der Waals surface area contributed by atoms with Crippen molar-refractivity contribution in [3.8, 4) is 11.5 Å². The number of para-hydroxylation sites is 1. The number of ether oxygens (including phenoxy) is 2. The summed E-state index contributed by atoms with van der Waals surface area (Å²) in [4.78, 5) is 10.7. The van der Waals surface area contributed by atoms with Crippen molar-refractivity contribution in [3.63, 3.8) is 0 Å². The van der Waals surface area contributed by atoms with E-state index < -0.39 is 0 Å². The molecule has 3 heteroatoms. The van der Waals surface area contributed by atoms with Crippen LogP contribution in [0, 0.1) is 0 Å². The lowest BCUT2D eigenvalue weighted by Gasteiger charge is -2.38. The van der Waals surface area contributed by atoms with E-state index >= 15 is 0 Å². The van der Waals surface area contributed by atoms with Gasteiger partial charge in [-0.2, -0.15) is 0 Å². The first-order chi connectivity index (χ1) is 11.8. The van der Waals surface area contributed by atoms with Crippen molar-refractivity contribution in [2.75, 3.05) is 13.2 Å². The highest BCUT2D eigenvalue weighted by Crippen LogP contribution is 2.39. The van der Waals surface area contributed by atoms with Crippen molar-refractivity contribution < 1.29 is 14.3 Å². The van der Waals surface area contributed by atoms with Gasteiger partial charge in [0.05, 0.1) is 6.61 Å². The Bertz CT molecular complexity index is 645. The van der Waals surface area contributed by atoms with Crippen LogP contribution in [0.5, 0.6) is 11.5 Å². The molecule has 1 aliphatic rings. The molecule has 0 spiro atoms. The lowest BCUT2D eigenvalue weighted by molar-refractivity contribution is -0.108. The molecule has 1 unspecified atom stereocenters. The van der Waals surface area contributed by atoms with Crippen LogP contribution in [0.15, 0.2) is 54.6 Å². The van der Waals surface area contributed by atoms with E-state index in [4.69, 9.17) is 9.47 Å². The maximum atomic E-state index is 10.7. The van der Waals surface area contributed by atoms with Crippen LogP contribution in [0.2, 0.25) is 0 Å². The van der Waals surface area contributed by atoms with Crippen molar-refractivity contribution in [2.45, 2.75) is 37.5 Å². The van der Waals surface area contributed by atoms with Crippen LogP contribution in [0.1, 0.15) is 37.7 Å². The second-order valence-electron chi connectivity index (χ2n) is 6.44. The Morgan fingerprint density at radius 3 is 2.67 bits per heavy atom. The predicted octanol–water partition coefficient (Wildman–Crippen LogP) is 4.90. The smallest absolute Gasteiger partial charge is 0.127 e. The largest absolute Gasteiger partial charge is 0.457 e. The summed E-state index contributed by atoms with van der Waals surface area (Å²) in [6, 6.07) is 18.1. The van der Waals surface area contributed by atoms with Crippen molar-refractivity contribution in [1.29, 1.82) is 0 Å². The van der Waals surface area contributed by atoms with Gasteiger partial charge in [0, 0.05) is 18.4 Å². The number of carbonyl (C=O) groups is 1. The summed E-state index contributed by atoms with van der Waals surface area (Å²) in [5.74, 6) is 1.68. The fourth-order valence-corrected chi connectivity index (χ4v) is 3.46. The van der Waals surface area contributed by atoms with E-state index in [1.54, 1.807) is 0 Å². The van der Waals surface area contributed by atoms with Crippen molar-refractivity contribution in [3.05, 3.63) is 60.2 Å². The summed E-state index contributed by atoms with van der Waals surface area (Å²) in [5, 5.41) is 0. The molecule has 0 saturated carbocycles. The van der Waals surface area contributed by atoms with E-state index in [0.717, 1.165) is 56.7 Å². The van der Waals surface area contributed by atoms with E-state index in [1.165, 1.54) is 5.56 Å².